The van der Waals surface area contributed by atoms with Crippen LogP contribution in [0.4, 0.5) is 0 Å². The van der Waals surface area contributed by atoms with E-state index in [1.54, 1.807) is 0 Å². The largest absolute Gasteiger partial charge is 0.317 e. The Morgan fingerprint density at radius 2 is 2.00 bits per heavy atom. The first-order chi connectivity index (χ1) is 6.08. The van der Waals surface area contributed by atoms with Gasteiger partial charge in [-0.25, -0.2) is 0 Å². The molecule has 0 radical (unpaired) electrons. The van der Waals surface area contributed by atoms with Crippen molar-refractivity contribution in [3.8, 4) is 0 Å². The highest BCUT2D eigenvalue weighted by Gasteiger charge is 2.15. The number of hydrogen-bond donors (Lipinski definition) is 2. The summed E-state index contributed by atoms with van der Waals surface area (Å²) in [6, 6.07) is 0.745. The Labute approximate surface area is 82.5 Å². The molecule has 1 saturated heterocycles. The Kier molecular flexibility index (Phi) is 4.20. The minimum absolute atomic E-state index is 0.416. The molecule has 0 spiro atoms. The third kappa shape index (κ3) is 5.27. The molecule has 2 nitrogen and oxygen atoms in total. The SMILES string of the molecule is CC(C)(C)CNC1CCCNCC1. The summed E-state index contributed by atoms with van der Waals surface area (Å²) in [5, 5.41) is 7.10. The Morgan fingerprint density at radius 3 is 2.69 bits per heavy atom. The summed E-state index contributed by atoms with van der Waals surface area (Å²) in [6.45, 7) is 10.4. The molecular weight excluding hydrogens is 160 g/mol. The summed E-state index contributed by atoms with van der Waals surface area (Å²) < 4.78 is 0. The van der Waals surface area contributed by atoms with Crippen LogP contribution in [0.3, 0.4) is 0 Å². The predicted molar refractivity (Wildman–Crippen MR) is 58.0 cm³/mol. The maximum absolute atomic E-state index is 3.66. The Bertz CT molecular complexity index is 130. The Balaban J connectivity index is 2.19. The lowest BCUT2D eigenvalue weighted by Gasteiger charge is -2.23. The van der Waals surface area contributed by atoms with Gasteiger partial charge >= 0.3 is 0 Å². The minimum Gasteiger partial charge on any atom is -0.317 e. The first-order valence-electron chi connectivity index (χ1n) is 5.52. The third-order valence-electron chi connectivity index (χ3n) is 2.50. The van der Waals surface area contributed by atoms with Gasteiger partial charge in [0, 0.05) is 12.6 Å². The van der Waals surface area contributed by atoms with E-state index in [9.17, 15) is 0 Å². The van der Waals surface area contributed by atoms with Crippen LogP contribution < -0.4 is 10.6 Å². The molecule has 1 atom stereocenters. The maximum atomic E-state index is 3.66. The van der Waals surface area contributed by atoms with Gasteiger partial charge in [0.2, 0.25) is 0 Å². The van der Waals surface area contributed by atoms with E-state index in [-0.39, 0.29) is 0 Å². The molecule has 0 aromatic carbocycles. The van der Waals surface area contributed by atoms with Crippen molar-refractivity contribution in [3.63, 3.8) is 0 Å². The fourth-order valence-corrected chi connectivity index (χ4v) is 1.67. The highest BCUT2D eigenvalue weighted by molar-refractivity contribution is 4.75. The zero-order valence-corrected chi connectivity index (χ0v) is 9.32. The lowest BCUT2D eigenvalue weighted by molar-refractivity contribution is 0.339. The number of hydrogen-bond acceptors (Lipinski definition) is 2. The van der Waals surface area contributed by atoms with Crippen molar-refractivity contribution >= 4 is 0 Å². The average molecular weight is 184 g/mol. The summed E-state index contributed by atoms with van der Waals surface area (Å²) in [7, 11) is 0. The second-order valence-electron chi connectivity index (χ2n) is 5.32. The van der Waals surface area contributed by atoms with Crippen LogP contribution in [-0.2, 0) is 0 Å². The molecule has 13 heavy (non-hydrogen) atoms. The van der Waals surface area contributed by atoms with E-state index in [0.717, 1.165) is 12.6 Å². The topological polar surface area (TPSA) is 24.1 Å². The maximum Gasteiger partial charge on any atom is 0.00798 e. The molecule has 0 aromatic heterocycles. The summed E-state index contributed by atoms with van der Waals surface area (Å²) >= 11 is 0. The molecule has 78 valence electrons. The van der Waals surface area contributed by atoms with Gasteiger partial charge in [0.05, 0.1) is 0 Å². The molecule has 1 rings (SSSR count). The van der Waals surface area contributed by atoms with Gasteiger partial charge in [-0.05, 0) is 37.8 Å². The fourth-order valence-electron chi connectivity index (χ4n) is 1.67. The third-order valence-corrected chi connectivity index (χ3v) is 2.50. The number of nitrogens with one attached hydrogen (secondary N) is 2. The van der Waals surface area contributed by atoms with E-state index in [1.165, 1.54) is 32.4 Å². The van der Waals surface area contributed by atoms with Crippen LogP contribution in [0.1, 0.15) is 40.0 Å². The molecule has 0 amide bonds. The van der Waals surface area contributed by atoms with E-state index in [2.05, 4.69) is 31.4 Å². The average Bonchev–Trinajstić information content (AvgIpc) is 2.26. The monoisotopic (exact) mass is 184 g/mol. The first-order valence-corrected chi connectivity index (χ1v) is 5.52. The van der Waals surface area contributed by atoms with Crippen LogP contribution in [-0.4, -0.2) is 25.7 Å². The van der Waals surface area contributed by atoms with Crippen molar-refractivity contribution in [1.29, 1.82) is 0 Å². The van der Waals surface area contributed by atoms with Crippen LogP contribution in [0.25, 0.3) is 0 Å². The highest BCUT2D eigenvalue weighted by Crippen LogP contribution is 2.13. The molecule has 2 N–H and O–H groups in total. The van der Waals surface area contributed by atoms with Gasteiger partial charge in [0.15, 0.2) is 0 Å². The molecule has 0 bridgehead atoms. The van der Waals surface area contributed by atoms with Crippen molar-refractivity contribution in [2.24, 2.45) is 5.41 Å². The lowest BCUT2D eigenvalue weighted by Crippen LogP contribution is -2.36. The van der Waals surface area contributed by atoms with Crippen LogP contribution in [0.2, 0.25) is 0 Å². The predicted octanol–water partition coefficient (Wildman–Crippen LogP) is 1.76. The molecule has 2 heteroatoms. The fraction of sp³-hybridized carbons (Fsp3) is 1.00. The molecule has 0 aliphatic carbocycles. The van der Waals surface area contributed by atoms with Gasteiger partial charge in [-0.2, -0.15) is 0 Å². The second kappa shape index (κ2) is 4.97. The molecule has 1 heterocycles. The molecule has 1 fully saturated rings. The van der Waals surface area contributed by atoms with Crippen molar-refractivity contribution < 1.29 is 0 Å². The van der Waals surface area contributed by atoms with Crippen LogP contribution in [0.15, 0.2) is 0 Å². The normalized spacial score (nSPS) is 25.6. The highest BCUT2D eigenvalue weighted by atomic mass is 14.9. The van der Waals surface area contributed by atoms with E-state index in [1.807, 2.05) is 0 Å². The van der Waals surface area contributed by atoms with Gasteiger partial charge in [0.1, 0.15) is 0 Å². The zero-order chi connectivity index (χ0) is 9.73. The van der Waals surface area contributed by atoms with Crippen LogP contribution in [0, 0.1) is 5.41 Å². The van der Waals surface area contributed by atoms with Gasteiger partial charge in [-0.3, -0.25) is 0 Å². The van der Waals surface area contributed by atoms with Crippen molar-refractivity contribution in [3.05, 3.63) is 0 Å². The van der Waals surface area contributed by atoms with Gasteiger partial charge in [-0.15, -0.1) is 0 Å². The van der Waals surface area contributed by atoms with E-state index < -0.39 is 0 Å². The minimum atomic E-state index is 0.416. The standard InChI is InChI=1S/C11H24N2/c1-11(2,3)9-13-10-5-4-7-12-8-6-10/h10,12-13H,4-9H2,1-3H3. The molecule has 0 saturated carbocycles. The van der Waals surface area contributed by atoms with E-state index >= 15 is 0 Å². The van der Waals surface area contributed by atoms with Gasteiger partial charge in [-0.1, -0.05) is 20.8 Å². The molecule has 1 aliphatic rings. The smallest absolute Gasteiger partial charge is 0.00798 e. The van der Waals surface area contributed by atoms with Crippen LogP contribution in [0.5, 0.6) is 0 Å². The lowest BCUT2D eigenvalue weighted by atomic mass is 9.96. The van der Waals surface area contributed by atoms with Crippen molar-refractivity contribution in [2.45, 2.75) is 46.1 Å². The van der Waals surface area contributed by atoms with Gasteiger partial charge in [0.25, 0.3) is 0 Å². The van der Waals surface area contributed by atoms with Crippen LogP contribution >= 0.6 is 0 Å². The van der Waals surface area contributed by atoms with E-state index in [0.29, 0.717) is 5.41 Å². The van der Waals surface area contributed by atoms with Gasteiger partial charge < -0.3 is 10.6 Å². The summed E-state index contributed by atoms with van der Waals surface area (Å²) in [5.41, 5.74) is 0.416. The summed E-state index contributed by atoms with van der Waals surface area (Å²) in [5.74, 6) is 0. The molecule has 1 unspecified atom stereocenters. The Hall–Kier alpha value is -0.0800. The number of rotatable bonds is 2. The molecule has 1 aliphatic heterocycles. The second-order valence-corrected chi connectivity index (χ2v) is 5.32. The first kappa shape index (κ1) is 11.0. The molecular formula is C11H24N2. The van der Waals surface area contributed by atoms with E-state index in [4.69, 9.17) is 0 Å². The summed E-state index contributed by atoms with van der Waals surface area (Å²) in [4.78, 5) is 0. The van der Waals surface area contributed by atoms with Crippen molar-refractivity contribution in [2.75, 3.05) is 19.6 Å². The van der Waals surface area contributed by atoms with Crippen molar-refractivity contribution in [1.82, 2.24) is 10.6 Å². The Morgan fingerprint density at radius 1 is 1.23 bits per heavy atom. The zero-order valence-electron chi connectivity index (χ0n) is 9.32. The quantitative estimate of drug-likeness (QED) is 0.683. The summed E-state index contributed by atoms with van der Waals surface area (Å²) in [6.07, 6.45) is 3.95. The molecule has 0 aromatic rings.